The van der Waals surface area contributed by atoms with Crippen LogP contribution in [0, 0.1) is 22.0 Å². The Labute approximate surface area is 116 Å². The molecule has 2 atom stereocenters. The van der Waals surface area contributed by atoms with Gasteiger partial charge < -0.3 is 5.43 Å². The van der Waals surface area contributed by atoms with E-state index in [0.717, 1.165) is 12.5 Å². The summed E-state index contributed by atoms with van der Waals surface area (Å²) >= 11 is 0. The zero-order valence-electron chi connectivity index (χ0n) is 10.9. The van der Waals surface area contributed by atoms with E-state index >= 15 is 0 Å². The zero-order valence-corrected chi connectivity index (χ0v) is 11.7. The van der Waals surface area contributed by atoms with Crippen LogP contribution in [-0.2, 0) is 10.0 Å². The van der Waals surface area contributed by atoms with Gasteiger partial charge in [-0.05, 0) is 30.4 Å². The number of rotatable bonds is 6. The molecule has 1 fully saturated rings. The van der Waals surface area contributed by atoms with Crippen LogP contribution in [0.5, 0.6) is 0 Å². The summed E-state index contributed by atoms with van der Waals surface area (Å²) in [5.74, 6) is 6.03. The number of nitrogens with two attached hydrogens (primary N) is 1. The van der Waals surface area contributed by atoms with Crippen molar-refractivity contribution in [3.05, 3.63) is 28.3 Å². The maximum absolute atomic E-state index is 12.1. The topological polar surface area (TPSA) is 127 Å². The van der Waals surface area contributed by atoms with Crippen molar-refractivity contribution in [3.63, 3.8) is 0 Å². The van der Waals surface area contributed by atoms with Crippen LogP contribution in [0.4, 0.5) is 11.4 Å². The lowest BCUT2D eigenvalue weighted by Gasteiger charge is -2.08. The molecule has 2 unspecified atom stereocenters. The van der Waals surface area contributed by atoms with Gasteiger partial charge in [0.1, 0.15) is 5.69 Å². The van der Waals surface area contributed by atoms with Crippen molar-refractivity contribution in [1.82, 2.24) is 4.72 Å². The average molecular weight is 300 g/mol. The molecule has 1 aliphatic rings. The Bertz CT molecular complexity index is 631. The van der Waals surface area contributed by atoms with Crippen molar-refractivity contribution in [1.29, 1.82) is 0 Å². The van der Waals surface area contributed by atoms with Gasteiger partial charge in [0.05, 0.1) is 9.82 Å². The van der Waals surface area contributed by atoms with Gasteiger partial charge in [0.2, 0.25) is 10.0 Å². The third kappa shape index (κ3) is 3.06. The van der Waals surface area contributed by atoms with Gasteiger partial charge in [-0.2, -0.15) is 0 Å². The van der Waals surface area contributed by atoms with Crippen LogP contribution >= 0.6 is 0 Å². The van der Waals surface area contributed by atoms with Crippen molar-refractivity contribution in [3.8, 4) is 0 Å². The SMILES string of the molecule is CC1CC1CNS(=O)(=O)c1ccc(NN)c([N+](=O)[O-])c1. The molecule has 0 amide bonds. The molecule has 0 spiro atoms. The molecule has 0 bridgehead atoms. The first kappa shape index (κ1) is 14.7. The number of nitrogen functional groups attached to an aromatic ring is 1. The number of nitrogens with one attached hydrogen (secondary N) is 2. The van der Waals surface area contributed by atoms with Crippen LogP contribution in [-0.4, -0.2) is 19.9 Å². The third-order valence-corrected chi connectivity index (χ3v) is 4.86. The van der Waals surface area contributed by atoms with E-state index in [9.17, 15) is 18.5 Å². The summed E-state index contributed by atoms with van der Waals surface area (Å²) in [5, 5.41) is 10.9. The third-order valence-electron chi connectivity index (χ3n) is 3.44. The van der Waals surface area contributed by atoms with E-state index in [-0.39, 0.29) is 16.3 Å². The molecule has 4 N–H and O–H groups in total. The molecule has 2 rings (SSSR count). The van der Waals surface area contributed by atoms with Crippen LogP contribution in [0.15, 0.2) is 23.1 Å². The Morgan fingerprint density at radius 3 is 2.65 bits per heavy atom. The second kappa shape index (κ2) is 5.35. The molecule has 20 heavy (non-hydrogen) atoms. The summed E-state index contributed by atoms with van der Waals surface area (Å²) in [6.45, 7) is 2.40. The van der Waals surface area contributed by atoms with Crippen molar-refractivity contribution in [2.75, 3.05) is 12.0 Å². The fraction of sp³-hybridized carbons (Fsp3) is 0.455. The van der Waals surface area contributed by atoms with E-state index in [1.807, 2.05) is 6.92 Å². The van der Waals surface area contributed by atoms with Crippen LogP contribution < -0.4 is 16.0 Å². The minimum atomic E-state index is -3.74. The van der Waals surface area contributed by atoms with E-state index in [0.29, 0.717) is 18.4 Å². The predicted octanol–water partition coefficient (Wildman–Crippen LogP) is 0.815. The van der Waals surface area contributed by atoms with Crippen molar-refractivity contribution < 1.29 is 13.3 Å². The molecular weight excluding hydrogens is 284 g/mol. The Balaban J connectivity index is 2.22. The quantitative estimate of drug-likeness (QED) is 0.405. The minimum Gasteiger partial charge on any atom is -0.318 e. The van der Waals surface area contributed by atoms with E-state index < -0.39 is 14.9 Å². The summed E-state index contributed by atoms with van der Waals surface area (Å²) in [7, 11) is -3.74. The summed E-state index contributed by atoms with van der Waals surface area (Å²) in [6, 6.07) is 3.54. The summed E-state index contributed by atoms with van der Waals surface area (Å²) in [4.78, 5) is 10.0. The first-order chi connectivity index (χ1) is 9.35. The molecular formula is C11H16N4O4S. The van der Waals surface area contributed by atoms with E-state index in [1.165, 1.54) is 12.1 Å². The van der Waals surface area contributed by atoms with E-state index in [4.69, 9.17) is 5.84 Å². The van der Waals surface area contributed by atoms with Gasteiger partial charge in [0.25, 0.3) is 5.69 Å². The summed E-state index contributed by atoms with van der Waals surface area (Å²) in [5.41, 5.74) is 1.85. The fourth-order valence-electron chi connectivity index (χ4n) is 1.94. The summed E-state index contributed by atoms with van der Waals surface area (Å²) in [6.07, 6.45) is 0.999. The monoisotopic (exact) mass is 300 g/mol. The number of benzene rings is 1. The van der Waals surface area contributed by atoms with Crippen molar-refractivity contribution in [2.45, 2.75) is 18.2 Å². The molecule has 1 aliphatic carbocycles. The highest BCUT2D eigenvalue weighted by Gasteiger charge is 2.33. The van der Waals surface area contributed by atoms with Crippen molar-refractivity contribution in [2.24, 2.45) is 17.7 Å². The van der Waals surface area contributed by atoms with E-state index in [1.54, 1.807) is 0 Å². The van der Waals surface area contributed by atoms with Gasteiger partial charge in [-0.25, -0.2) is 13.1 Å². The van der Waals surface area contributed by atoms with Crippen molar-refractivity contribution >= 4 is 21.4 Å². The highest BCUT2D eigenvalue weighted by Crippen LogP contribution is 2.37. The van der Waals surface area contributed by atoms with Gasteiger partial charge in [-0.3, -0.25) is 16.0 Å². The maximum atomic E-state index is 12.1. The van der Waals surface area contributed by atoms with Gasteiger partial charge in [-0.1, -0.05) is 6.92 Å². The summed E-state index contributed by atoms with van der Waals surface area (Å²) < 4.78 is 26.6. The Morgan fingerprint density at radius 1 is 1.50 bits per heavy atom. The highest BCUT2D eigenvalue weighted by atomic mass is 32.2. The Kier molecular flexibility index (Phi) is 3.93. The molecule has 0 saturated heterocycles. The van der Waals surface area contributed by atoms with Gasteiger partial charge >= 0.3 is 0 Å². The molecule has 0 heterocycles. The zero-order chi connectivity index (χ0) is 14.9. The second-order valence-corrected chi connectivity index (χ2v) is 6.67. The second-order valence-electron chi connectivity index (χ2n) is 4.91. The number of nitrogens with zero attached hydrogens (tertiary/aromatic N) is 1. The fourth-order valence-corrected chi connectivity index (χ4v) is 3.05. The molecule has 8 nitrogen and oxygen atoms in total. The number of anilines is 1. The molecule has 110 valence electrons. The molecule has 0 radical (unpaired) electrons. The van der Waals surface area contributed by atoms with Crippen LogP contribution in [0.2, 0.25) is 0 Å². The standard InChI is InChI=1S/C11H16N4O4S/c1-7-4-8(7)6-13-20(18,19)9-2-3-10(14-12)11(5-9)15(16)17/h2-3,5,7-8,13-14H,4,6,12H2,1H3. The van der Waals surface area contributed by atoms with Crippen LogP contribution in [0.3, 0.4) is 0 Å². The lowest BCUT2D eigenvalue weighted by molar-refractivity contribution is -0.384. The van der Waals surface area contributed by atoms with Crippen LogP contribution in [0.1, 0.15) is 13.3 Å². The normalized spacial score (nSPS) is 21.5. The molecule has 1 aromatic rings. The predicted molar refractivity (Wildman–Crippen MR) is 73.4 cm³/mol. The lowest BCUT2D eigenvalue weighted by atomic mass is 10.3. The van der Waals surface area contributed by atoms with E-state index in [2.05, 4.69) is 10.1 Å². The first-order valence-electron chi connectivity index (χ1n) is 6.10. The number of hydrogen-bond donors (Lipinski definition) is 3. The largest absolute Gasteiger partial charge is 0.318 e. The molecule has 9 heteroatoms. The smallest absolute Gasteiger partial charge is 0.294 e. The molecule has 0 aliphatic heterocycles. The number of nitro groups is 1. The van der Waals surface area contributed by atoms with Gasteiger partial charge in [0.15, 0.2) is 0 Å². The van der Waals surface area contributed by atoms with Gasteiger partial charge in [-0.15, -0.1) is 0 Å². The first-order valence-corrected chi connectivity index (χ1v) is 7.58. The Morgan fingerprint density at radius 2 is 2.15 bits per heavy atom. The molecule has 0 aromatic heterocycles. The van der Waals surface area contributed by atoms with Crippen LogP contribution in [0.25, 0.3) is 0 Å². The maximum Gasteiger partial charge on any atom is 0.294 e. The number of nitro benzene ring substituents is 1. The average Bonchev–Trinajstić information content (AvgIpc) is 3.11. The molecule has 1 saturated carbocycles. The number of sulfonamides is 1. The Hall–Kier alpha value is -1.71. The highest BCUT2D eigenvalue weighted by molar-refractivity contribution is 7.89. The lowest BCUT2D eigenvalue weighted by Crippen LogP contribution is -2.26. The minimum absolute atomic E-state index is 0.0600. The molecule has 1 aromatic carbocycles. The number of hydrogen-bond acceptors (Lipinski definition) is 6. The van der Waals surface area contributed by atoms with Gasteiger partial charge in [0, 0.05) is 12.6 Å². The number of hydrazine groups is 1.